The van der Waals surface area contributed by atoms with Crippen molar-refractivity contribution in [3.05, 3.63) is 29.8 Å². The molecule has 2 fully saturated rings. The minimum atomic E-state index is -3.66. The van der Waals surface area contributed by atoms with E-state index in [-0.39, 0.29) is 4.90 Å². The van der Waals surface area contributed by atoms with Crippen LogP contribution in [0.15, 0.2) is 34.2 Å². The molecular weight excluding hydrogens is 366 g/mol. The van der Waals surface area contributed by atoms with Crippen LogP contribution in [0.25, 0.3) is 0 Å². The molecule has 3 rings (SSSR count). The van der Waals surface area contributed by atoms with Gasteiger partial charge in [-0.15, -0.1) is 0 Å². The molecule has 1 aromatic rings. The SMILES string of the molecule is CCNC(=NCc1ccc(S(N)(=O)=O)cc1)N1CCC(N2CCOCC2)C1. The Kier molecular flexibility index (Phi) is 6.69. The first-order valence-corrected chi connectivity index (χ1v) is 11.0. The first kappa shape index (κ1) is 20.1. The monoisotopic (exact) mass is 395 g/mol. The lowest BCUT2D eigenvalue weighted by atomic mass is 10.2. The van der Waals surface area contributed by atoms with Crippen LogP contribution in [0.3, 0.4) is 0 Å². The lowest BCUT2D eigenvalue weighted by Crippen LogP contribution is -2.46. The third kappa shape index (κ3) is 5.41. The van der Waals surface area contributed by atoms with Gasteiger partial charge in [-0.25, -0.2) is 18.5 Å². The summed E-state index contributed by atoms with van der Waals surface area (Å²) < 4.78 is 28.2. The Hall–Kier alpha value is -1.68. The van der Waals surface area contributed by atoms with Gasteiger partial charge in [-0.1, -0.05) is 12.1 Å². The molecule has 150 valence electrons. The number of hydrogen-bond donors (Lipinski definition) is 2. The van der Waals surface area contributed by atoms with Gasteiger partial charge in [0.1, 0.15) is 0 Å². The van der Waals surface area contributed by atoms with Crippen LogP contribution in [-0.2, 0) is 21.3 Å². The molecule has 0 saturated carbocycles. The Bertz CT molecular complexity index is 745. The van der Waals surface area contributed by atoms with Gasteiger partial charge in [0.05, 0.1) is 24.7 Å². The van der Waals surface area contributed by atoms with Crippen molar-refractivity contribution in [3.8, 4) is 0 Å². The van der Waals surface area contributed by atoms with Crippen LogP contribution < -0.4 is 10.5 Å². The number of hydrogen-bond acceptors (Lipinski definition) is 5. The zero-order valence-corrected chi connectivity index (χ0v) is 16.6. The molecule has 2 saturated heterocycles. The highest BCUT2D eigenvalue weighted by molar-refractivity contribution is 7.89. The summed E-state index contributed by atoms with van der Waals surface area (Å²) in [5, 5.41) is 8.51. The first-order chi connectivity index (χ1) is 13.0. The first-order valence-electron chi connectivity index (χ1n) is 9.44. The fourth-order valence-electron chi connectivity index (χ4n) is 3.55. The number of aliphatic imine (C=N–C) groups is 1. The van der Waals surface area contributed by atoms with E-state index in [1.54, 1.807) is 12.1 Å². The van der Waals surface area contributed by atoms with Gasteiger partial charge < -0.3 is 15.0 Å². The Labute approximate surface area is 161 Å². The topological polar surface area (TPSA) is 100 Å². The Morgan fingerprint density at radius 1 is 1.26 bits per heavy atom. The Morgan fingerprint density at radius 2 is 1.96 bits per heavy atom. The minimum Gasteiger partial charge on any atom is -0.379 e. The second kappa shape index (κ2) is 9.01. The molecule has 9 heteroatoms. The average molecular weight is 396 g/mol. The highest BCUT2D eigenvalue weighted by Gasteiger charge is 2.30. The zero-order chi connectivity index (χ0) is 19.3. The van der Waals surface area contributed by atoms with Gasteiger partial charge in [0.25, 0.3) is 0 Å². The number of rotatable bonds is 5. The lowest BCUT2D eigenvalue weighted by molar-refractivity contribution is 0.0195. The van der Waals surface area contributed by atoms with Crippen LogP contribution in [0, 0.1) is 0 Å². The van der Waals surface area contributed by atoms with Crippen molar-refractivity contribution in [2.24, 2.45) is 10.1 Å². The van der Waals surface area contributed by atoms with Crippen LogP contribution in [0.2, 0.25) is 0 Å². The number of sulfonamides is 1. The van der Waals surface area contributed by atoms with Crippen molar-refractivity contribution in [1.29, 1.82) is 0 Å². The molecule has 0 aliphatic carbocycles. The maximum absolute atomic E-state index is 11.4. The van der Waals surface area contributed by atoms with Crippen molar-refractivity contribution in [2.45, 2.75) is 30.8 Å². The average Bonchev–Trinajstić information content (AvgIpc) is 3.15. The summed E-state index contributed by atoms with van der Waals surface area (Å²) in [6.45, 7) is 8.96. The highest BCUT2D eigenvalue weighted by atomic mass is 32.2. The fraction of sp³-hybridized carbons (Fsp3) is 0.611. The largest absolute Gasteiger partial charge is 0.379 e. The molecule has 0 radical (unpaired) electrons. The molecule has 0 aromatic heterocycles. The van der Waals surface area contributed by atoms with E-state index >= 15 is 0 Å². The fourth-order valence-corrected chi connectivity index (χ4v) is 4.07. The third-order valence-electron chi connectivity index (χ3n) is 5.02. The summed E-state index contributed by atoms with van der Waals surface area (Å²) in [5.41, 5.74) is 0.946. The van der Waals surface area contributed by atoms with Crippen LogP contribution in [-0.4, -0.2) is 76.2 Å². The van der Waals surface area contributed by atoms with E-state index in [0.29, 0.717) is 12.6 Å². The Balaban J connectivity index is 1.62. The van der Waals surface area contributed by atoms with Gasteiger partial charge in [0.2, 0.25) is 10.0 Å². The molecular formula is C18H29N5O3S. The highest BCUT2D eigenvalue weighted by Crippen LogP contribution is 2.17. The number of nitrogens with zero attached hydrogens (tertiary/aromatic N) is 3. The molecule has 2 aliphatic rings. The molecule has 0 amide bonds. The molecule has 2 heterocycles. The lowest BCUT2D eigenvalue weighted by Gasteiger charge is -2.32. The van der Waals surface area contributed by atoms with E-state index in [1.165, 1.54) is 12.1 Å². The third-order valence-corrected chi connectivity index (χ3v) is 5.95. The molecule has 1 unspecified atom stereocenters. The maximum atomic E-state index is 11.4. The minimum absolute atomic E-state index is 0.120. The van der Waals surface area contributed by atoms with E-state index < -0.39 is 10.0 Å². The van der Waals surface area contributed by atoms with Crippen LogP contribution in [0.5, 0.6) is 0 Å². The number of ether oxygens (including phenoxy) is 1. The molecule has 27 heavy (non-hydrogen) atoms. The molecule has 8 nitrogen and oxygen atoms in total. The van der Waals surface area contributed by atoms with Crippen LogP contribution >= 0.6 is 0 Å². The summed E-state index contributed by atoms with van der Waals surface area (Å²) in [6.07, 6.45) is 1.13. The van der Waals surface area contributed by atoms with Gasteiger partial charge in [-0.3, -0.25) is 4.90 Å². The number of guanidine groups is 1. The van der Waals surface area contributed by atoms with Crippen molar-refractivity contribution in [3.63, 3.8) is 0 Å². The van der Waals surface area contributed by atoms with E-state index in [2.05, 4.69) is 22.0 Å². The second-order valence-corrected chi connectivity index (χ2v) is 8.46. The van der Waals surface area contributed by atoms with Gasteiger partial charge in [-0.2, -0.15) is 0 Å². The van der Waals surface area contributed by atoms with Gasteiger partial charge >= 0.3 is 0 Å². The van der Waals surface area contributed by atoms with E-state index in [4.69, 9.17) is 14.9 Å². The number of primary sulfonamides is 1. The van der Waals surface area contributed by atoms with E-state index in [1.807, 2.05) is 0 Å². The van der Waals surface area contributed by atoms with Gasteiger partial charge in [0, 0.05) is 38.8 Å². The maximum Gasteiger partial charge on any atom is 0.238 e. The zero-order valence-electron chi connectivity index (χ0n) is 15.8. The predicted molar refractivity (Wildman–Crippen MR) is 105 cm³/mol. The number of benzene rings is 1. The van der Waals surface area contributed by atoms with E-state index in [0.717, 1.165) is 63.9 Å². The molecule has 1 aromatic carbocycles. The van der Waals surface area contributed by atoms with Crippen molar-refractivity contribution in [2.75, 3.05) is 45.9 Å². The normalized spacial score (nSPS) is 22.2. The van der Waals surface area contributed by atoms with Crippen molar-refractivity contribution in [1.82, 2.24) is 15.1 Å². The van der Waals surface area contributed by atoms with Crippen LogP contribution in [0.4, 0.5) is 0 Å². The number of morpholine rings is 1. The number of likely N-dealkylation sites (tertiary alicyclic amines) is 1. The molecule has 2 aliphatic heterocycles. The molecule has 1 atom stereocenters. The van der Waals surface area contributed by atoms with E-state index in [9.17, 15) is 8.42 Å². The summed E-state index contributed by atoms with van der Waals surface area (Å²) in [4.78, 5) is 9.69. The van der Waals surface area contributed by atoms with Crippen LogP contribution in [0.1, 0.15) is 18.9 Å². The van der Waals surface area contributed by atoms with Crippen molar-refractivity contribution < 1.29 is 13.2 Å². The molecule has 0 bridgehead atoms. The number of nitrogens with two attached hydrogens (primary N) is 1. The molecule has 3 N–H and O–H groups in total. The summed E-state index contributed by atoms with van der Waals surface area (Å²) in [5.74, 6) is 0.906. The standard InChI is InChI=1S/C18H29N5O3S/c1-2-20-18(21-13-15-3-5-17(6-4-15)27(19,24)25)23-8-7-16(14-23)22-9-11-26-12-10-22/h3-6,16H,2,7-14H2,1H3,(H,20,21)(H2,19,24,25). The predicted octanol–water partition coefficient (Wildman–Crippen LogP) is 0.206. The quantitative estimate of drug-likeness (QED) is 0.546. The van der Waals surface area contributed by atoms with Gasteiger partial charge in [-0.05, 0) is 31.0 Å². The smallest absolute Gasteiger partial charge is 0.238 e. The number of nitrogens with one attached hydrogen (secondary N) is 1. The van der Waals surface area contributed by atoms with Crippen molar-refractivity contribution >= 4 is 16.0 Å². The van der Waals surface area contributed by atoms with Gasteiger partial charge in [0.15, 0.2) is 5.96 Å². The summed E-state index contributed by atoms with van der Waals surface area (Å²) in [6, 6.07) is 7.11. The summed E-state index contributed by atoms with van der Waals surface area (Å²) in [7, 11) is -3.66. The summed E-state index contributed by atoms with van der Waals surface area (Å²) >= 11 is 0. The molecule has 0 spiro atoms. The second-order valence-electron chi connectivity index (χ2n) is 6.90. The Morgan fingerprint density at radius 3 is 2.59 bits per heavy atom.